The Morgan fingerprint density at radius 3 is 2.50 bits per heavy atom. The van der Waals surface area contributed by atoms with Crippen LogP contribution >= 0.6 is 23.8 Å². The van der Waals surface area contributed by atoms with Gasteiger partial charge in [0.25, 0.3) is 0 Å². The molecule has 0 bridgehead atoms. The predicted octanol–water partition coefficient (Wildman–Crippen LogP) is 2.72. The molecule has 3 nitrogen and oxygen atoms in total. The summed E-state index contributed by atoms with van der Waals surface area (Å²) in [7, 11) is 2.15. The van der Waals surface area contributed by atoms with Gasteiger partial charge in [-0.3, -0.25) is 0 Å². The van der Waals surface area contributed by atoms with Crippen LogP contribution in [0.15, 0.2) is 24.3 Å². The molecule has 0 radical (unpaired) electrons. The summed E-state index contributed by atoms with van der Waals surface area (Å²) in [5.41, 5.74) is 0.963. The van der Waals surface area contributed by atoms with Gasteiger partial charge in [0.1, 0.15) is 0 Å². The molecule has 18 heavy (non-hydrogen) atoms. The molecule has 1 saturated heterocycles. The topological polar surface area (TPSA) is 27.3 Å². The average molecular weight is 284 g/mol. The lowest BCUT2D eigenvalue weighted by Gasteiger charge is -2.30. The molecule has 1 aromatic rings. The SMILES string of the molecule is CN1CCC(NC(=S)Nc2ccc(Cl)cc2)CC1. The van der Waals surface area contributed by atoms with Crippen molar-refractivity contribution < 1.29 is 0 Å². The van der Waals surface area contributed by atoms with E-state index in [4.69, 9.17) is 23.8 Å². The minimum atomic E-state index is 0.480. The van der Waals surface area contributed by atoms with Crippen molar-refractivity contribution in [3.8, 4) is 0 Å². The van der Waals surface area contributed by atoms with Crippen LogP contribution in [0.4, 0.5) is 5.69 Å². The maximum absolute atomic E-state index is 5.84. The third kappa shape index (κ3) is 4.12. The van der Waals surface area contributed by atoms with Gasteiger partial charge in [-0.1, -0.05) is 11.6 Å². The van der Waals surface area contributed by atoms with Crippen LogP contribution in [0.3, 0.4) is 0 Å². The Morgan fingerprint density at radius 1 is 1.28 bits per heavy atom. The third-order valence-corrected chi connectivity index (χ3v) is 3.63. The summed E-state index contributed by atoms with van der Waals surface area (Å²) in [5, 5.41) is 7.96. The van der Waals surface area contributed by atoms with Gasteiger partial charge in [0.05, 0.1) is 0 Å². The molecule has 1 aliphatic rings. The van der Waals surface area contributed by atoms with Crippen LogP contribution in [0.2, 0.25) is 5.02 Å². The standard InChI is InChI=1S/C13H18ClN3S/c1-17-8-6-12(7-9-17)16-13(18)15-11-4-2-10(14)3-5-11/h2-5,12H,6-9H2,1H3,(H2,15,16,18). The fourth-order valence-electron chi connectivity index (χ4n) is 2.04. The molecule has 0 unspecified atom stereocenters. The Morgan fingerprint density at radius 2 is 1.89 bits per heavy atom. The van der Waals surface area contributed by atoms with Crippen molar-refractivity contribution >= 4 is 34.6 Å². The van der Waals surface area contributed by atoms with Crippen molar-refractivity contribution in [3.63, 3.8) is 0 Å². The van der Waals surface area contributed by atoms with E-state index in [1.807, 2.05) is 24.3 Å². The molecule has 1 aliphatic heterocycles. The minimum Gasteiger partial charge on any atom is -0.360 e. The fraction of sp³-hybridized carbons (Fsp3) is 0.462. The average Bonchev–Trinajstić information content (AvgIpc) is 2.35. The van der Waals surface area contributed by atoms with E-state index in [0.29, 0.717) is 11.2 Å². The molecule has 5 heteroatoms. The first-order valence-electron chi connectivity index (χ1n) is 6.15. The first-order chi connectivity index (χ1) is 8.63. The van der Waals surface area contributed by atoms with Gasteiger partial charge in [0.15, 0.2) is 5.11 Å². The molecule has 98 valence electrons. The van der Waals surface area contributed by atoms with Gasteiger partial charge in [-0.05, 0) is 69.5 Å². The lowest BCUT2D eigenvalue weighted by Crippen LogP contribution is -2.44. The van der Waals surface area contributed by atoms with Crippen LogP contribution in [-0.4, -0.2) is 36.2 Å². The fourth-order valence-corrected chi connectivity index (χ4v) is 2.45. The Labute approximate surface area is 119 Å². The molecule has 0 spiro atoms. The van der Waals surface area contributed by atoms with Crippen LogP contribution in [0.1, 0.15) is 12.8 Å². The highest BCUT2D eigenvalue weighted by molar-refractivity contribution is 7.80. The number of likely N-dealkylation sites (tertiary alicyclic amines) is 1. The molecule has 1 fully saturated rings. The number of hydrogen-bond donors (Lipinski definition) is 2. The number of hydrogen-bond acceptors (Lipinski definition) is 2. The number of halogens is 1. The van der Waals surface area contributed by atoms with E-state index >= 15 is 0 Å². The van der Waals surface area contributed by atoms with Crippen molar-refractivity contribution in [2.24, 2.45) is 0 Å². The van der Waals surface area contributed by atoms with Gasteiger partial charge >= 0.3 is 0 Å². The molecule has 0 atom stereocenters. The van der Waals surface area contributed by atoms with Crippen molar-refractivity contribution in [3.05, 3.63) is 29.3 Å². The lowest BCUT2D eigenvalue weighted by atomic mass is 10.1. The number of rotatable bonds is 2. The van der Waals surface area contributed by atoms with Gasteiger partial charge in [-0.25, -0.2) is 0 Å². The maximum Gasteiger partial charge on any atom is 0.170 e. The molecule has 1 heterocycles. The van der Waals surface area contributed by atoms with Crippen LogP contribution in [0, 0.1) is 0 Å². The Hall–Kier alpha value is -0.840. The number of thiocarbonyl (C=S) groups is 1. The van der Waals surface area contributed by atoms with E-state index < -0.39 is 0 Å². The molecule has 0 saturated carbocycles. The van der Waals surface area contributed by atoms with E-state index in [9.17, 15) is 0 Å². The Balaban J connectivity index is 1.80. The normalized spacial score (nSPS) is 17.4. The molecule has 1 aromatic carbocycles. The van der Waals surface area contributed by atoms with Gasteiger partial charge in [0.2, 0.25) is 0 Å². The van der Waals surface area contributed by atoms with Gasteiger partial charge in [-0.15, -0.1) is 0 Å². The number of benzene rings is 1. The summed E-state index contributed by atoms with van der Waals surface area (Å²) in [6.07, 6.45) is 2.28. The van der Waals surface area contributed by atoms with E-state index in [0.717, 1.165) is 36.6 Å². The quantitative estimate of drug-likeness (QED) is 0.816. The third-order valence-electron chi connectivity index (χ3n) is 3.16. The van der Waals surface area contributed by atoms with E-state index in [1.54, 1.807) is 0 Å². The zero-order valence-corrected chi connectivity index (χ0v) is 12.0. The number of piperidine rings is 1. The van der Waals surface area contributed by atoms with Gasteiger partial charge in [0, 0.05) is 16.8 Å². The highest BCUT2D eigenvalue weighted by Gasteiger charge is 2.16. The molecular formula is C13H18ClN3S. The molecule has 2 N–H and O–H groups in total. The first kappa shape index (κ1) is 13.6. The van der Waals surface area contributed by atoms with E-state index in [2.05, 4.69) is 22.6 Å². The second kappa shape index (κ2) is 6.36. The minimum absolute atomic E-state index is 0.480. The predicted molar refractivity (Wildman–Crippen MR) is 81.3 cm³/mol. The molecule has 2 rings (SSSR count). The van der Waals surface area contributed by atoms with Crippen LogP contribution in [0.25, 0.3) is 0 Å². The van der Waals surface area contributed by atoms with Crippen LogP contribution in [-0.2, 0) is 0 Å². The summed E-state index contributed by atoms with van der Waals surface area (Å²) in [4.78, 5) is 2.34. The first-order valence-corrected chi connectivity index (χ1v) is 6.94. The Bertz CT molecular complexity index is 399. The summed E-state index contributed by atoms with van der Waals surface area (Å²) in [5.74, 6) is 0. The summed E-state index contributed by atoms with van der Waals surface area (Å²) in [6.45, 7) is 2.25. The lowest BCUT2D eigenvalue weighted by molar-refractivity contribution is 0.247. The Kier molecular flexibility index (Phi) is 4.80. The molecule has 0 amide bonds. The number of nitrogens with one attached hydrogen (secondary N) is 2. The summed E-state index contributed by atoms with van der Waals surface area (Å²) < 4.78 is 0. The zero-order valence-electron chi connectivity index (χ0n) is 10.4. The van der Waals surface area contributed by atoms with Crippen LogP contribution < -0.4 is 10.6 Å². The van der Waals surface area contributed by atoms with E-state index in [1.165, 1.54) is 0 Å². The van der Waals surface area contributed by atoms with E-state index in [-0.39, 0.29) is 0 Å². The highest BCUT2D eigenvalue weighted by atomic mass is 35.5. The monoisotopic (exact) mass is 283 g/mol. The highest BCUT2D eigenvalue weighted by Crippen LogP contribution is 2.14. The van der Waals surface area contributed by atoms with Crippen LogP contribution in [0.5, 0.6) is 0 Å². The zero-order chi connectivity index (χ0) is 13.0. The van der Waals surface area contributed by atoms with Crippen molar-refractivity contribution in [2.45, 2.75) is 18.9 Å². The second-order valence-electron chi connectivity index (χ2n) is 4.68. The van der Waals surface area contributed by atoms with Crippen molar-refractivity contribution in [1.29, 1.82) is 0 Å². The van der Waals surface area contributed by atoms with Crippen molar-refractivity contribution in [2.75, 3.05) is 25.5 Å². The number of nitrogens with zero attached hydrogens (tertiary/aromatic N) is 1. The smallest absolute Gasteiger partial charge is 0.170 e. The summed E-state index contributed by atoms with van der Waals surface area (Å²) in [6, 6.07) is 8.02. The van der Waals surface area contributed by atoms with Crippen molar-refractivity contribution in [1.82, 2.24) is 10.2 Å². The largest absolute Gasteiger partial charge is 0.360 e. The number of anilines is 1. The molecular weight excluding hydrogens is 266 g/mol. The maximum atomic E-state index is 5.84. The summed E-state index contributed by atoms with van der Waals surface area (Å²) >= 11 is 11.1. The van der Waals surface area contributed by atoms with Gasteiger partial charge in [-0.2, -0.15) is 0 Å². The molecule has 0 aliphatic carbocycles. The van der Waals surface area contributed by atoms with Gasteiger partial charge < -0.3 is 15.5 Å². The second-order valence-corrected chi connectivity index (χ2v) is 5.53. The molecule has 0 aromatic heterocycles.